The highest BCUT2D eigenvalue weighted by Gasteiger charge is 2.30. The van der Waals surface area contributed by atoms with Gasteiger partial charge in [-0.25, -0.2) is 9.78 Å². The van der Waals surface area contributed by atoms with Gasteiger partial charge in [0.15, 0.2) is 6.10 Å². The van der Waals surface area contributed by atoms with Crippen LogP contribution in [0.4, 0.5) is 0 Å². The van der Waals surface area contributed by atoms with Crippen molar-refractivity contribution in [3.8, 4) is 0 Å². The van der Waals surface area contributed by atoms with E-state index < -0.39 is 12.1 Å². The van der Waals surface area contributed by atoms with Crippen LogP contribution in [0.1, 0.15) is 62.6 Å². The zero-order valence-electron chi connectivity index (χ0n) is 17.8. The molecule has 1 fully saturated rings. The van der Waals surface area contributed by atoms with E-state index in [2.05, 4.69) is 24.1 Å². The number of aromatic nitrogens is 2. The molecule has 1 aromatic carbocycles. The van der Waals surface area contributed by atoms with Crippen molar-refractivity contribution in [3.63, 3.8) is 0 Å². The molecular formula is C23H29N3O4. The molecule has 30 heavy (non-hydrogen) atoms. The van der Waals surface area contributed by atoms with Gasteiger partial charge in [0.2, 0.25) is 0 Å². The van der Waals surface area contributed by atoms with Gasteiger partial charge in [-0.05, 0) is 49.8 Å². The van der Waals surface area contributed by atoms with Gasteiger partial charge in [0.05, 0.1) is 16.5 Å². The van der Waals surface area contributed by atoms with E-state index in [1.54, 1.807) is 29.7 Å². The number of esters is 1. The lowest BCUT2D eigenvalue weighted by molar-refractivity contribution is -0.130. The lowest BCUT2D eigenvalue weighted by atomic mass is 9.78. The molecule has 1 aromatic heterocycles. The molecule has 1 aliphatic heterocycles. The van der Waals surface area contributed by atoms with E-state index in [1.807, 2.05) is 0 Å². The second-order valence-electron chi connectivity index (χ2n) is 8.75. The van der Waals surface area contributed by atoms with Gasteiger partial charge < -0.3 is 10.1 Å². The van der Waals surface area contributed by atoms with Gasteiger partial charge in [-0.3, -0.25) is 14.2 Å². The summed E-state index contributed by atoms with van der Waals surface area (Å²) < 4.78 is 7.11. The number of aryl methyl sites for hydroxylation is 1. The number of ether oxygens (including phenoxy) is 1. The van der Waals surface area contributed by atoms with Gasteiger partial charge in [0.25, 0.3) is 11.5 Å². The second kappa shape index (κ2) is 8.20. The van der Waals surface area contributed by atoms with Crippen molar-refractivity contribution in [3.05, 3.63) is 39.9 Å². The molecule has 2 aromatic rings. The van der Waals surface area contributed by atoms with Crippen LogP contribution in [0.3, 0.4) is 0 Å². The molecule has 2 aliphatic rings. The van der Waals surface area contributed by atoms with Crippen LogP contribution < -0.4 is 10.9 Å². The summed E-state index contributed by atoms with van der Waals surface area (Å²) in [4.78, 5) is 42.3. The number of carbonyl (C=O) groups is 2. The van der Waals surface area contributed by atoms with Gasteiger partial charge in [-0.15, -0.1) is 0 Å². The zero-order chi connectivity index (χ0) is 21.4. The fourth-order valence-electron chi connectivity index (χ4n) is 4.58. The Bertz CT molecular complexity index is 1040. The Morgan fingerprint density at radius 1 is 1.23 bits per heavy atom. The summed E-state index contributed by atoms with van der Waals surface area (Å²) in [7, 11) is 0. The van der Waals surface area contributed by atoms with Crippen molar-refractivity contribution in [2.45, 2.75) is 71.6 Å². The minimum absolute atomic E-state index is 0.0732. The number of rotatable bonds is 4. The van der Waals surface area contributed by atoms with Crippen molar-refractivity contribution in [2.24, 2.45) is 11.8 Å². The molecule has 1 amide bonds. The summed E-state index contributed by atoms with van der Waals surface area (Å²) in [6.45, 7) is 6.64. The lowest BCUT2D eigenvalue weighted by Crippen LogP contribution is -2.47. The average Bonchev–Trinajstić information content (AvgIpc) is 3.19. The zero-order valence-corrected chi connectivity index (χ0v) is 17.8. The van der Waals surface area contributed by atoms with Crippen LogP contribution in [0.15, 0.2) is 23.0 Å². The van der Waals surface area contributed by atoms with E-state index in [0.29, 0.717) is 29.3 Å². The molecule has 7 heteroatoms. The number of nitrogens with one attached hydrogen (secondary N) is 1. The Morgan fingerprint density at radius 2 is 2.03 bits per heavy atom. The molecule has 0 radical (unpaired) electrons. The number of hydrogen-bond donors (Lipinski definition) is 1. The largest absolute Gasteiger partial charge is 0.449 e. The fraction of sp³-hybridized carbons (Fsp3) is 0.565. The van der Waals surface area contributed by atoms with E-state index in [1.165, 1.54) is 6.42 Å². The highest BCUT2D eigenvalue weighted by molar-refractivity contribution is 5.95. The standard InChI is InChI=1S/C23H29N3O4/c1-13-6-4-7-18(14(13)2)25-21(27)15(3)30-23(29)16-9-10-17-19(12-16)24-20-8-5-11-26(20)22(17)28/h9-10,12-15,18H,4-8,11H2,1-3H3,(H,25,27)/t13-,14+,15+,18+/m0/s1. The van der Waals surface area contributed by atoms with Crippen molar-refractivity contribution in [2.75, 3.05) is 0 Å². The molecule has 0 spiro atoms. The maximum atomic E-state index is 12.6. The minimum Gasteiger partial charge on any atom is -0.449 e. The summed E-state index contributed by atoms with van der Waals surface area (Å²) in [6, 6.07) is 4.86. The Kier molecular flexibility index (Phi) is 5.62. The monoisotopic (exact) mass is 411 g/mol. The van der Waals surface area contributed by atoms with Gasteiger partial charge in [0.1, 0.15) is 5.82 Å². The molecule has 4 rings (SSSR count). The Hall–Kier alpha value is -2.70. The molecule has 160 valence electrons. The molecule has 4 atom stereocenters. The molecule has 1 aliphatic carbocycles. The quantitative estimate of drug-likeness (QED) is 0.782. The predicted octanol–water partition coefficient (Wildman–Crippen LogP) is 2.83. The first-order valence-corrected chi connectivity index (χ1v) is 10.9. The molecule has 7 nitrogen and oxygen atoms in total. The van der Waals surface area contributed by atoms with Gasteiger partial charge in [-0.1, -0.05) is 26.7 Å². The average molecular weight is 412 g/mol. The molecule has 1 saturated carbocycles. The van der Waals surface area contributed by atoms with E-state index in [4.69, 9.17) is 4.74 Å². The topological polar surface area (TPSA) is 90.3 Å². The van der Waals surface area contributed by atoms with E-state index in [0.717, 1.165) is 31.5 Å². The maximum absolute atomic E-state index is 12.6. The number of benzene rings is 1. The maximum Gasteiger partial charge on any atom is 0.338 e. The lowest BCUT2D eigenvalue weighted by Gasteiger charge is -2.35. The fourth-order valence-corrected chi connectivity index (χ4v) is 4.58. The van der Waals surface area contributed by atoms with Crippen LogP contribution in [-0.2, 0) is 22.5 Å². The van der Waals surface area contributed by atoms with Gasteiger partial charge >= 0.3 is 5.97 Å². The summed E-state index contributed by atoms with van der Waals surface area (Å²) in [5.41, 5.74) is 0.706. The van der Waals surface area contributed by atoms with Crippen LogP contribution in [0.5, 0.6) is 0 Å². The van der Waals surface area contributed by atoms with Crippen LogP contribution >= 0.6 is 0 Å². The Labute approximate surface area is 175 Å². The third kappa shape index (κ3) is 3.85. The second-order valence-corrected chi connectivity index (χ2v) is 8.75. The van der Waals surface area contributed by atoms with Crippen LogP contribution in [0, 0.1) is 11.8 Å². The highest BCUT2D eigenvalue weighted by Crippen LogP contribution is 2.29. The number of hydrogen-bond acceptors (Lipinski definition) is 5. The van der Waals surface area contributed by atoms with Gasteiger partial charge in [0, 0.05) is 19.0 Å². The van der Waals surface area contributed by atoms with Crippen molar-refractivity contribution < 1.29 is 14.3 Å². The Balaban J connectivity index is 1.45. The molecule has 2 heterocycles. The van der Waals surface area contributed by atoms with Crippen molar-refractivity contribution in [1.29, 1.82) is 0 Å². The van der Waals surface area contributed by atoms with Crippen LogP contribution in [0.25, 0.3) is 10.9 Å². The summed E-state index contributed by atoms with van der Waals surface area (Å²) in [6.07, 6.45) is 4.00. The van der Waals surface area contributed by atoms with E-state index >= 15 is 0 Å². The number of amides is 1. The highest BCUT2D eigenvalue weighted by atomic mass is 16.5. The van der Waals surface area contributed by atoms with Crippen molar-refractivity contribution in [1.82, 2.24) is 14.9 Å². The van der Waals surface area contributed by atoms with Crippen LogP contribution in [0.2, 0.25) is 0 Å². The van der Waals surface area contributed by atoms with E-state index in [-0.39, 0.29) is 23.1 Å². The Morgan fingerprint density at radius 3 is 2.83 bits per heavy atom. The third-order valence-corrected chi connectivity index (χ3v) is 6.74. The first kappa shape index (κ1) is 20.6. The van der Waals surface area contributed by atoms with Crippen molar-refractivity contribution >= 4 is 22.8 Å². The van der Waals surface area contributed by atoms with E-state index in [9.17, 15) is 14.4 Å². The SMILES string of the molecule is C[C@@H]1[C@@H](C)CCC[C@H]1NC(=O)[C@@H](C)OC(=O)c1ccc2c(=O)n3c(nc2c1)CCC3. The predicted molar refractivity (Wildman–Crippen MR) is 113 cm³/mol. The first-order chi connectivity index (χ1) is 14.3. The third-order valence-electron chi connectivity index (χ3n) is 6.74. The molecule has 0 saturated heterocycles. The normalized spacial score (nSPS) is 24.3. The molecular weight excluding hydrogens is 382 g/mol. The smallest absolute Gasteiger partial charge is 0.338 e. The number of fused-ring (bicyclic) bond motifs is 2. The minimum atomic E-state index is -0.892. The molecule has 1 N–H and O–H groups in total. The van der Waals surface area contributed by atoms with Crippen LogP contribution in [-0.4, -0.2) is 33.6 Å². The first-order valence-electron chi connectivity index (χ1n) is 10.9. The number of nitrogens with zero attached hydrogens (tertiary/aromatic N) is 2. The summed E-state index contributed by atoms with van der Waals surface area (Å²) in [5.74, 6) is 0.855. The summed E-state index contributed by atoms with van der Waals surface area (Å²) in [5, 5.41) is 3.54. The number of carbonyl (C=O) groups excluding carboxylic acids is 2. The van der Waals surface area contributed by atoms with Gasteiger partial charge in [-0.2, -0.15) is 0 Å². The molecule has 0 bridgehead atoms. The molecule has 0 unspecified atom stereocenters. The summed E-state index contributed by atoms with van der Waals surface area (Å²) >= 11 is 0.